The molecule has 0 saturated heterocycles. The van der Waals surface area contributed by atoms with E-state index in [0.717, 1.165) is 18.0 Å². The largest absolute Gasteiger partial charge is 0.508 e. The molecule has 2 rings (SSSR count). The highest BCUT2D eigenvalue weighted by Gasteiger charge is 2.13. The predicted molar refractivity (Wildman–Crippen MR) is 77.1 cm³/mol. The number of aliphatic hydroxyl groups excluding tert-OH is 1. The number of nitrogens with one attached hydrogen (secondary N) is 1. The van der Waals surface area contributed by atoms with Gasteiger partial charge in [0.05, 0.1) is 6.10 Å². The number of benzene rings is 1. The fourth-order valence-electron chi connectivity index (χ4n) is 2.84. The lowest BCUT2D eigenvalue weighted by Gasteiger charge is -2.21. The Balaban J connectivity index is 1.63. The summed E-state index contributed by atoms with van der Waals surface area (Å²) in [5.41, 5.74) is 0.850. The van der Waals surface area contributed by atoms with Crippen LogP contribution in [0.25, 0.3) is 0 Å². The minimum absolute atomic E-state index is 0.237. The van der Waals surface area contributed by atoms with Gasteiger partial charge in [-0.25, -0.2) is 0 Å². The first-order chi connectivity index (χ1) is 9.25. The van der Waals surface area contributed by atoms with E-state index in [1.807, 2.05) is 0 Å². The third-order valence-electron chi connectivity index (χ3n) is 4.07. The minimum Gasteiger partial charge on any atom is -0.508 e. The second-order valence-electron chi connectivity index (χ2n) is 5.60. The molecule has 1 aromatic carbocycles. The van der Waals surface area contributed by atoms with Crippen molar-refractivity contribution in [3.8, 4) is 5.75 Å². The molecule has 0 heterocycles. The fraction of sp³-hybridized carbons (Fsp3) is 0.625. The number of aliphatic hydroxyl groups is 1. The molecule has 106 valence electrons. The van der Waals surface area contributed by atoms with Crippen molar-refractivity contribution in [2.75, 3.05) is 13.1 Å². The van der Waals surface area contributed by atoms with E-state index < -0.39 is 6.10 Å². The lowest BCUT2D eigenvalue weighted by atomic mass is 9.87. The van der Waals surface area contributed by atoms with Crippen LogP contribution in [0.1, 0.15) is 50.2 Å². The van der Waals surface area contributed by atoms with E-state index in [9.17, 15) is 10.2 Å². The van der Waals surface area contributed by atoms with Gasteiger partial charge in [0, 0.05) is 6.54 Å². The van der Waals surface area contributed by atoms with Gasteiger partial charge < -0.3 is 15.5 Å². The molecule has 1 atom stereocenters. The molecule has 1 saturated carbocycles. The number of phenolic OH excluding ortho intramolecular Hbond substituents is 1. The summed E-state index contributed by atoms with van der Waals surface area (Å²) in [5.74, 6) is 1.12. The van der Waals surface area contributed by atoms with Gasteiger partial charge in [0.2, 0.25) is 0 Å². The predicted octanol–water partition coefficient (Wildman–Crippen LogP) is 2.99. The van der Waals surface area contributed by atoms with Gasteiger partial charge in [0.25, 0.3) is 0 Å². The summed E-state index contributed by atoms with van der Waals surface area (Å²) >= 11 is 0. The molecular formula is C16H25NO2. The summed E-state index contributed by atoms with van der Waals surface area (Å²) in [6.45, 7) is 1.57. The van der Waals surface area contributed by atoms with Crippen molar-refractivity contribution in [1.82, 2.24) is 5.32 Å². The molecule has 3 heteroatoms. The third-order valence-corrected chi connectivity index (χ3v) is 4.07. The highest BCUT2D eigenvalue weighted by Crippen LogP contribution is 2.25. The fourth-order valence-corrected chi connectivity index (χ4v) is 2.84. The van der Waals surface area contributed by atoms with Crippen LogP contribution in [-0.4, -0.2) is 23.3 Å². The van der Waals surface area contributed by atoms with Crippen LogP contribution in [0.15, 0.2) is 24.3 Å². The van der Waals surface area contributed by atoms with Crippen molar-refractivity contribution in [1.29, 1.82) is 0 Å². The molecule has 0 aromatic heterocycles. The van der Waals surface area contributed by atoms with E-state index in [4.69, 9.17) is 0 Å². The Kier molecular flexibility index (Phi) is 5.67. The monoisotopic (exact) mass is 263 g/mol. The first-order valence-electron chi connectivity index (χ1n) is 7.43. The second-order valence-corrected chi connectivity index (χ2v) is 5.60. The van der Waals surface area contributed by atoms with Crippen LogP contribution in [0.5, 0.6) is 5.75 Å². The van der Waals surface area contributed by atoms with Crippen molar-refractivity contribution >= 4 is 0 Å². The molecule has 0 amide bonds. The molecule has 1 aliphatic rings. The summed E-state index contributed by atoms with van der Waals surface area (Å²) in [6, 6.07) is 6.76. The molecule has 1 fully saturated rings. The summed E-state index contributed by atoms with van der Waals surface area (Å²) in [4.78, 5) is 0. The topological polar surface area (TPSA) is 52.5 Å². The zero-order chi connectivity index (χ0) is 13.5. The summed E-state index contributed by atoms with van der Waals surface area (Å²) < 4.78 is 0. The molecule has 0 bridgehead atoms. The molecule has 0 spiro atoms. The number of rotatable bonds is 6. The van der Waals surface area contributed by atoms with E-state index in [0.29, 0.717) is 6.54 Å². The van der Waals surface area contributed by atoms with Crippen LogP contribution in [-0.2, 0) is 0 Å². The molecule has 3 nitrogen and oxygen atoms in total. The SMILES string of the molecule is Oc1ccc(C(O)CNCCC2CCCCC2)cc1. The molecule has 3 N–H and O–H groups in total. The van der Waals surface area contributed by atoms with Crippen molar-refractivity contribution in [3.05, 3.63) is 29.8 Å². The smallest absolute Gasteiger partial charge is 0.115 e. The van der Waals surface area contributed by atoms with E-state index in [1.54, 1.807) is 24.3 Å². The lowest BCUT2D eigenvalue weighted by Crippen LogP contribution is -2.24. The maximum Gasteiger partial charge on any atom is 0.115 e. The Labute approximate surface area is 115 Å². The van der Waals surface area contributed by atoms with Gasteiger partial charge in [-0.2, -0.15) is 0 Å². The Morgan fingerprint density at radius 1 is 1.11 bits per heavy atom. The molecule has 0 radical (unpaired) electrons. The number of phenols is 1. The molecule has 1 aromatic rings. The molecule has 1 unspecified atom stereocenters. The first kappa shape index (κ1) is 14.4. The molecular weight excluding hydrogens is 238 g/mol. The van der Waals surface area contributed by atoms with Gasteiger partial charge in [-0.3, -0.25) is 0 Å². The minimum atomic E-state index is -0.494. The van der Waals surface area contributed by atoms with Gasteiger partial charge in [-0.05, 0) is 36.6 Å². The third kappa shape index (κ3) is 4.84. The first-order valence-corrected chi connectivity index (χ1v) is 7.43. The average molecular weight is 263 g/mol. The molecule has 0 aliphatic heterocycles. The van der Waals surface area contributed by atoms with Crippen molar-refractivity contribution < 1.29 is 10.2 Å². The van der Waals surface area contributed by atoms with Crippen LogP contribution in [0, 0.1) is 5.92 Å². The van der Waals surface area contributed by atoms with Crippen LogP contribution in [0.3, 0.4) is 0 Å². The highest BCUT2D eigenvalue weighted by atomic mass is 16.3. The highest BCUT2D eigenvalue weighted by molar-refractivity contribution is 5.27. The lowest BCUT2D eigenvalue weighted by molar-refractivity contribution is 0.173. The van der Waals surface area contributed by atoms with E-state index in [1.165, 1.54) is 38.5 Å². The standard InChI is InChI=1S/C16H25NO2/c18-15-8-6-14(7-9-15)16(19)12-17-11-10-13-4-2-1-3-5-13/h6-9,13,16-19H,1-5,10-12H2. The zero-order valence-electron chi connectivity index (χ0n) is 11.5. The van der Waals surface area contributed by atoms with Crippen LogP contribution in [0.4, 0.5) is 0 Å². The summed E-state index contributed by atoms with van der Waals surface area (Å²) in [5, 5.41) is 22.5. The maximum absolute atomic E-state index is 10.0. The maximum atomic E-state index is 10.0. The van der Waals surface area contributed by atoms with Crippen molar-refractivity contribution in [3.63, 3.8) is 0 Å². The number of hydrogen-bond acceptors (Lipinski definition) is 3. The number of aromatic hydroxyl groups is 1. The Morgan fingerprint density at radius 3 is 2.47 bits per heavy atom. The van der Waals surface area contributed by atoms with Gasteiger partial charge >= 0.3 is 0 Å². The van der Waals surface area contributed by atoms with E-state index >= 15 is 0 Å². The number of hydrogen-bond donors (Lipinski definition) is 3. The summed E-state index contributed by atoms with van der Waals surface area (Å²) in [7, 11) is 0. The van der Waals surface area contributed by atoms with E-state index in [-0.39, 0.29) is 5.75 Å². The van der Waals surface area contributed by atoms with Crippen LogP contribution < -0.4 is 5.32 Å². The van der Waals surface area contributed by atoms with Crippen LogP contribution in [0.2, 0.25) is 0 Å². The van der Waals surface area contributed by atoms with E-state index in [2.05, 4.69) is 5.32 Å². The van der Waals surface area contributed by atoms with Crippen LogP contribution >= 0.6 is 0 Å². The average Bonchev–Trinajstić information content (AvgIpc) is 2.45. The molecule has 1 aliphatic carbocycles. The second kappa shape index (κ2) is 7.51. The van der Waals surface area contributed by atoms with Crippen molar-refractivity contribution in [2.45, 2.75) is 44.6 Å². The van der Waals surface area contributed by atoms with Gasteiger partial charge in [-0.1, -0.05) is 44.2 Å². The normalized spacial score (nSPS) is 18.4. The van der Waals surface area contributed by atoms with Gasteiger partial charge in [0.1, 0.15) is 5.75 Å². The quantitative estimate of drug-likeness (QED) is 0.692. The van der Waals surface area contributed by atoms with Gasteiger partial charge in [0.15, 0.2) is 0 Å². The molecule has 19 heavy (non-hydrogen) atoms. The Hall–Kier alpha value is -1.06. The van der Waals surface area contributed by atoms with Crippen molar-refractivity contribution in [2.24, 2.45) is 5.92 Å². The van der Waals surface area contributed by atoms with Gasteiger partial charge in [-0.15, -0.1) is 0 Å². The zero-order valence-corrected chi connectivity index (χ0v) is 11.5. The Bertz CT molecular complexity index is 358. The summed E-state index contributed by atoms with van der Waals surface area (Å²) in [6.07, 6.45) is 7.67. The Morgan fingerprint density at radius 2 is 1.79 bits per heavy atom.